The average molecular weight is 468 g/mol. The van der Waals surface area contributed by atoms with Gasteiger partial charge in [0, 0.05) is 17.5 Å². The van der Waals surface area contributed by atoms with Crippen LogP contribution in [0.3, 0.4) is 0 Å². The van der Waals surface area contributed by atoms with Gasteiger partial charge in [-0.1, -0.05) is 84.0 Å². The highest BCUT2D eigenvalue weighted by atomic mass is 16.5. The van der Waals surface area contributed by atoms with Gasteiger partial charge in [-0.15, -0.1) is 0 Å². The van der Waals surface area contributed by atoms with Crippen LogP contribution in [0.5, 0.6) is 0 Å². The zero-order chi connectivity index (χ0) is 24.4. The SMILES string of the molecule is Cc1noc(-c2ccc(-c3ccc(C4(C(=O)O)CC4)cc3)cc2)c1CCOC(C)c1ccccc1. The van der Waals surface area contributed by atoms with Gasteiger partial charge in [0.25, 0.3) is 0 Å². The van der Waals surface area contributed by atoms with Crippen molar-refractivity contribution in [3.05, 3.63) is 101 Å². The minimum Gasteiger partial charge on any atom is -0.481 e. The van der Waals surface area contributed by atoms with Gasteiger partial charge in [0.05, 0.1) is 23.8 Å². The molecule has 1 heterocycles. The minimum absolute atomic E-state index is 0.0239. The van der Waals surface area contributed by atoms with Crippen LogP contribution in [0.25, 0.3) is 22.5 Å². The normalized spacial score (nSPS) is 15.0. The first-order valence-corrected chi connectivity index (χ1v) is 12.0. The van der Waals surface area contributed by atoms with Gasteiger partial charge >= 0.3 is 5.97 Å². The number of aliphatic carboxylic acids is 1. The molecule has 0 amide bonds. The second-order valence-corrected chi connectivity index (χ2v) is 9.29. The van der Waals surface area contributed by atoms with Gasteiger partial charge in [-0.25, -0.2) is 0 Å². The molecule has 1 aliphatic rings. The third-order valence-corrected chi connectivity index (χ3v) is 7.05. The van der Waals surface area contributed by atoms with E-state index < -0.39 is 11.4 Å². The second kappa shape index (κ2) is 9.51. The highest BCUT2D eigenvalue weighted by molar-refractivity contribution is 5.85. The molecule has 1 aromatic heterocycles. The summed E-state index contributed by atoms with van der Waals surface area (Å²) >= 11 is 0. The Bertz CT molecular complexity index is 1300. The quantitative estimate of drug-likeness (QED) is 0.295. The lowest BCUT2D eigenvalue weighted by atomic mass is 9.93. The molecule has 1 unspecified atom stereocenters. The summed E-state index contributed by atoms with van der Waals surface area (Å²) in [6, 6.07) is 26.3. The van der Waals surface area contributed by atoms with Crippen LogP contribution in [0.2, 0.25) is 0 Å². The zero-order valence-corrected chi connectivity index (χ0v) is 20.0. The highest BCUT2D eigenvalue weighted by Crippen LogP contribution is 2.48. The smallest absolute Gasteiger partial charge is 0.314 e. The Morgan fingerprint density at radius 3 is 2.17 bits per heavy atom. The maximum Gasteiger partial charge on any atom is 0.314 e. The van der Waals surface area contributed by atoms with Gasteiger partial charge in [-0.05, 0) is 48.9 Å². The summed E-state index contributed by atoms with van der Waals surface area (Å²) in [5, 5.41) is 13.7. The van der Waals surface area contributed by atoms with Crippen LogP contribution in [0.4, 0.5) is 0 Å². The molecule has 1 fully saturated rings. The van der Waals surface area contributed by atoms with E-state index in [2.05, 4.69) is 36.3 Å². The lowest BCUT2D eigenvalue weighted by Crippen LogP contribution is -2.19. The van der Waals surface area contributed by atoms with Crippen molar-refractivity contribution in [1.29, 1.82) is 0 Å². The van der Waals surface area contributed by atoms with Crippen LogP contribution in [-0.2, 0) is 21.4 Å². The molecule has 0 bridgehead atoms. The van der Waals surface area contributed by atoms with Crippen molar-refractivity contribution in [3.8, 4) is 22.5 Å². The number of benzene rings is 3. The van der Waals surface area contributed by atoms with E-state index in [0.29, 0.717) is 19.4 Å². The van der Waals surface area contributed by atoms with Gasteiger partial charge in [0.1, 0.15) is 0 Å². The largest absolute Gasteiger partial charge is 0.481 e. The van der Waals surface area contributed by atoms with Crippen molar-refractivity contribution < 1.29 is 19.2 Å². The molecule has 0 spiro atoms. The minimum atomic E-state index is -0.729. The Morgan fingerprint density at radius 1 is 0.971 bits per heavy atom. The molecule has 0 radical (unpaired) electrons. The number of carbonyl (C=O) groups is 1. The van der Waals surface area contributed by atoms with E-state index in [1.165, 1.54) is 0 Å². The standard InChI is InChI=1S/C30H29NO4/c1-20-27(16-19-34-21(2)22-6-4-3-5-7-22)28(35-31-20)25-10-8-23(9-11-25)24-12-14-26(15-13-24)30(17-18-30)29(32)33/h3-15,21H,16-19H2,1-2H3,(H,32,33). The third kappa shape index (κ3) is 4.64. The van der Waals surface area contributed by atoms with Crippen molar-refractivity contribution in [1.82, 2.24) is 5.16 Å². The van der Waals surface area contributed by atoms with E-state index in [4.69, 9.17) is 9.26 Å². The number of carboxylic acids is 1. The first-order chi connectivity index (χ1) is 17.0. The first-order valence-electron chi connectivity index (χ1n) is 12.0. The fourth-order valence-corrected chi connectivity index (χ4v) is 4.61. The molecule has 5 rings (SSSR count). The number of hydrogen-bond acceptors (Lipinski definition) is 4. The summed E-state index contributed by atoms with van der Waals surface area (Å²) in [7, 11) is 0. The molecule has 4 aromatic rings. The highest BCUT2D eigenvalue weighted by Gasteiger charge is 2.51. The number of hydrogen-bond donors (Lipinski definition) is 1. The Kier molecular flexibility index (Phi) is 6.27. The molecular formula is C30H29NO4. The topological polar surface area (TPSA) is 72.6 Å². The summed E-state index contributed by atoms with van der Waals surface area (Å²) in [6.45, 7) is 4.60. The molecule has 35 heavy (non-hydrogen) atoms. The van der Waals surface area contributed by atoms with E-state index in [9.17, 15) is 9.90 Å². The fourth-order valence-electron chi connectivity index (χ4n) is 4.61. The van der Waals surface area contributed by atoms with Crippen LogP contribution < -0.4 is 0 Å². The molecule has 0 saturated heterocycles. The second-order valence-electron chi connectivity index (χ2n) is 9.29. The van der Waals surface area contributed by atoms with Gasteiger partial charge in [0.15, 0.2) is 5.76 Å². The van der Waals surface area contributed by atoms with Crippen LogP contribution in [0, 0.1) is 6.92 Å². The predicted octanol–water partition coefficient (Wildman–Crippen LogP) is 6.75. The number of nitrogens with zero attached hydrogens (tertiary/aromatic N) is 1. The summed E-state index contributed by atoms with van der Waals surface area (Å²) in [5.41, 5.74) is 6.40. The van der Waals surface area contributed by atoms with Crippen molar-refractivity contribution in [3.63, 3.8) is 0 Å². The Labute approximate surface area is 205 Å². The molecular weight excluding hydrogens is 438 g/mol. The van der Waals surface area contributed by atoms with Crippen LogP contribution in [-0.4, -0.2) is 22.8 Å². The molecule has 1 aliphatic carbocycles. The fraction of sp³-hybridized carbons (Fsp3) is 0.267. The summed E-state index contributed by atoms with van der Waals surface area (Å²) in [5.74, 6) is 0.0465. The lowest BCUT2D eigenvalue weighted by Gasteiger charge is -2.13. The van der Waals surface area contributed by atoms with Gasteiger partial charge in [-0.3, -0.25) is 4.79 Å². The van der Waals surface area contributed by atoms with Gasteiger partial charge in [0.2, 0.25) is 0 Å². The van der Waals surface area contributed by atoms with Crippen molar-refractivity contribution >= 4 is 5.97 Å². The molecule has 1 saturated carbocycles. The molecule has 5 nitrogen and oxygen atoms in total. The monoisotopic (exact) mass is 467 g/mol. The van der Waals surface area contributed by atoms with Crippen LogP contribution in [0.15, 0.2) is 83.4 Å². The molecule has 5 heteroatoms. The molecule has 1 N–H and O–H groups in total. The molecule has 1 atom stereocenters. The van der Waals surface area contributed by atoms with Gasteiger partial charge in [-0.2, -0.15) is 0 Å². The van der Waals surface area contributed by atoms with Crippen molar-refractivity contribution in [2.45, 2.75) is 44.6 Å². The van der Waals surface area contributed by atoms with Gasteiger partial charge < -0.3 is 14.4 Å². The van der Waals surface area contributed by atoms with Crippen LogP contribution in [0.1, 0.15) is 48.3 Å². The maximum absolute atomic E-state index is 11.6. The maximum atomic E-state index is 11.6. The van der Waals surface area contributed by atoms with Crippen molar-refractivity contribution in [2.75, 3.05) is 6.61 Å². The Hall–Kier alpha value is -3.70. The Morgan fingerprint density at radius 2 is 1.57 bits per heavy atom. The first kappa shape index (κ1) is 23.1. The lowest BCUT2D eigenvalue weighted by molar-refractivity contribution is -0.140. The predicted molar refractivity (Wildman–Crippen MR) is 135 cm³/mol. The number of aryl methyl sites for hydroxylation is 1. The number of rotatable bonds is 9. The number of aromatic nitrogens is 1. The van der Waals surface area contributed by atoms with E-state index in [1.54, 1.807) is 0 Å². The summed E-state index contributed by atoms with van der Waals surface area (Å²) in [6.07, 6.45) is 2.17. The summed E-state index contributed by atoms with van der Waals surface area (Å²) in [4.78, 5) is 11.6. The molecule has 0 aliphatic heterocycles. The molecule has 178 valence electrons. The van der Waals surface area contributed by atoms with E-state index >= 15 is 0 Å². The van der Waals surface area contributed by atoms with Crippen LogP contribution >= 0.6 is 0 Å². The van der Waals surface area contributed by atoms with E-state index in [1.807, 2.05) is 61.5 Å². The average Bonchev–Trinajstić information content (AvgIpc) is 3.63. The number of carboxylic acid groups (broad SMARTS) is 1. The van der Waals surface area contributed by atoms with E-state index in [0.717, 1.165) is 51.3 Å². The summed E-state index contributed by atoms with van der Waals surface area (Å²) < 4.78 is 11.8. The molecule has 3 aromatic carbocycles. The number of ether oxygens (including phenoxy) is 1. The third-order valence-electron chi connectivity index (χ3n) is 7.05. The van der Waals surface area contributed by atoms with E-state index in [-0.39, 0.29) is 6.10 Å². The Balaban J connectivity index is 1.27. The van der Waals surface area contributed by atoms with Crippen molar-refractivity contribution in [2.24, 2.45) is 0 Å². The zero-order valence-electron chi connectivity index (χ0n) is 20.0.